The highest BCUT2D eigenvalue weighted by molar-refractivity contribution is 7.17. The van der Waals surface area contributed by atoms with Crippen molar-refractivity contribution in [3.8, 4) is 5.75 Å². The summed E-state index contributed by atoms with van der Waals surface area (Å²) >= 11 is 1.76. The molecule has 0 atom stereocenters. The highest BCUT2D eigenvalue weighted by Crippen LogP contribution is 2.33. The van der Waals surface area contributed by atoms with Crippen LogP contribution in [0.3, 0.4) is 0 Å². The average molecular weight is 260 g/mol. The fraction of sp³-hybridized carbons (Fsp3) is 0.500. The minimum Gasteiger partial charge on any atom is -0.508 e. The molecule has 0 bridgehead atoms. The number of aromatic hydroxyl groups is 1. The lowest BCUT2D eigenvalue weighted by molar-refractivity contribution is 0.459. The topological polar surface area (TPSA) is 20.2 Å². The van der Waals surface area contributed by atoms with E-state index in [2.05, 4.69) is 11.4 Å². The summed E-state index contributed by atoms with van der Waals surface area (Å²) in [5.74, 6) is 1.25. The molecule has 1 nitrogen and oxygen atoms in total. The molecule has 1 aliphatic rings. The normalized spacial score (nSPS) is 18.0. The van der Waals surface area contributed by atoms with E-state index < -0.39 is 0 Å². The average Bonchev–Trinajstić information content (AvgIpc) is 2.59. The smallest absolute Gasteiger partial charge is 0.117 e. The van der Waals surface area contributed by atoms with Gasteiger partial charge in [0.05, 0.1) is 0 Å². The molecule has 1 saturated carbocycles. The van der Waals surface area contributed by atoms with Crippen LogP contribution in [-0.4, -0.2) is 5.11 Å². The summed E-state index contributed by atoms with van der Waals surface area (Å²) in [6, 6.07) is 5.77. The number of phenolic OH excluding ortho intramolecular Hbond substituents is 1. The van der Waals surface area contributed by atoms with Gasteiger partial charge in [-0.15, -0.1) is 11.3 Å². The van der Waals surface area contributed by atoms with Crippen molar-refractivity contribution < 1.29 is 5.11 Å². The molecule has 18 heavy (non-hydrogen) atoms. The Morgan fingerprint density at radius 2 is 1.89 bits per heavy atom. The van der Waals surface area contributed by atoms with E-state index >= 15 is 0 Å². The van der Waals surface area contributed by atoms with E-state index in [4.69, 9.17) is 0 Å². The van der Waals surface area contributed by atoms with Gasteiger partial charge >= 0.3 is 0 Å². The van der Waals surface area contributed by atoms with Gasteiger partial charge in [-0.05, 0) is 46.9 Å². The van der Waals surface area contributed by atoms with Gasteiger partial charge < -0.3 is 5.11 Å². The quantitative estimate of drug-likeness (QED) is 0.743. The van der Waals surface area contributed by atoms with Crippen molar-refractivity contribution in [2.75, 3.05) is 0 Å². The first-order valence-corrected chi connectivity index (χ1v) is 7.90. The summed E-state index contributed by atoms with van der Waals surface area (Å²) in [7, 11) is 0. The predicted octanol–water partition coefficient (Wildman–Crippen LogP) is 5.12. The molecule has 2 heteroatoms. The molecular formula is C16H20OS. The summed E-state index contributed by atoms with van der Waals surface area (Å²) in [6.07, 6.45) is 9.69. The van der Waals surface area contributed by atoms with Gasteiger partial charge in [-0.25, -0.2) is 0 Å². The van der Waals surface area contributed by atoms with Gasteiger partial charge in [-0.1, -0.05) is 38.5 Å². The molecule has 1 fully saturated rings. The van der Waals surface area contributed by atoms with E-state index in [9.17, 15) is 5.11 Å². The van der Waals surface area contributed by atoms with E-state index in [1.54, 1.807) is 11.3 Å². The van der Waals surface area contributed by atoms with Gasteiger partial charge in [0.25, 0.3) is 0 Å². The lowest BCUT2D eigenvalue weighted by atomic mass is 9.92. The van der Waals surface area contributed by atoms with Gasteiger partial charge in [0, 0.05) is 4.70 Å². The van der Waals surface area contributed by atoms with Crippen molar-refractivity contribution in [1.82, 2.24) is 0 Å². The van der Waals surface area contributed by atoms with Gasteiger partial charge in [0.15, 0.2) is 0 Å². The predicted molar refractivity (Wildman–Crippen MR) is 78.4 cm³/mol. The molecule has 0 saturated heterocycles. The van der Waals surface area contributed by atoms with Crippen molar-refractivity contribution in [2.45, 2.75) is 44.9 Å². The molecule has 0 amide bonds. The zero-order chi connectivity index (χ0) is 12.4. The van der Waals surface area contributed by atoms with E-state index in [-0.39, 0.29) is 0 Å². The zero-order valence-electron chi connectivity index (χ0n) is 10.7. The number of benzene rings is 1. The summed E-state index contributed by atoms with van der Waals surface area (Å²) in [5, 5.41) is 13.1. The number of phenols is 1. The Kier molecular flexibility index (Phi) is 3.55. The van der Waals surface area contributed by atoms with Crippen LogP contribution in [0.1, 0.15) is 44.1 Å². The standard InChI is InChI=1S/C16H20OS/c17-14-7-8-15-13(11-18-16(15)10-14)9-12-5-3-1-2-4-6-12/h7-8,10-12,17H,1-6,9H2. The van der Waals surface area contributed by atoms with Crippen molar-refractivity contribution in [2.24, 2.45) is 5.92 Å². The molecule has 0 aliphatic heterocycles. The van der Waals surface area contributed by atoms with Crippen LogP contribution in [0, 0.1) is 5.92 Å². The molecule has 3 rings (SSSR count). The number of rotatable bonds is 2. The first-order valence-electron chi connectivity index (χ1n) is 7.02. The van der Waals surface area contributed by atoms with Crippen LogP contribution in [0.2, 0.25) is 0 Å². The summed E-state index contributed by atoms with van der Waals surface area (Å²) in [5.41, 5.74) is 1.49. The van der Waals surface area contributed by atoms with Crippen LogP contribution in [0.25, 0.3) is 10.1 Å². The molecule has 1 aliphatic carbocycles. The molecule has 1 N–H and O–H groups in total. The molecule has 1 heterocycles. The fourth-order valence-corrected chi connectivity index (χ4v) is 4.12. The molecule has 0 radical (unpaired) electrons. The van der Waals surface area contributed by atoms with Gasteiger partial charge in [0.2, 0.25) is 0 Å². The van der Waals surface area contributed by atoms with Crippen LogP contribution in [0.15, 0.2) is 23.6 Å². The van der Waals surface area contributed by atoms with E-state index in [0.717, 1.165) is 5.92 Å². The third-order valence-electron chi connectivity index (χ3n) is 4.12. The molecule has 1 aromatic heterocycles. The van der Waals surface area contributed by atoms with E-state index in [1.807, 2.05) is 12.1 Å². The Hall–Kier alpha value is -1.02. The zero-order valence-corrected chi connectivity index (χ0v) is 11.5. The first-order chi connectivity index (χ1) is 8.83. The Morgan fingerprint density at radius 1 is 1.11 bits per heavy atom. The van der Waals surface area contributed by atoms with Crippen LogP contribution in [-0.2, 0) is 6.42 Å². The third kappa shape index (κ3) is 2.54. The molecule has 0 unspecified atom stereocenters. The van der Waals surface area contributed by atoms with E-state index in [0.29, 0.717) is 5.75 Å². The Labute approximate surface area is 112 Å². The number of hydrogen-bond acceptors (Lipinski definition) is 2. The minimum atomic E-state index is 0.380. The maximum absolute atomic E-state index is 9.50. The van der Waals surface area contributed by atoms with Crippen LogP contribution in [0.4, 0.5) is 0 Å². The maximum Gasteiger partial charge on any atom is 0.117 e. The lowest BCUT2D eigenvalue weighted by Gasteiger charge is -2.13. The number of fused-ring (bicyclic) bond motifs is 1. The second-order valence-corrected chi connectivity index (χ2v) is 6.41. The van der Waals surface area contributed by atoms with Gasteiger partial charge in [-0.3, -0.25) is 0 Å². The van der Waals surface area contributed by atoms with Crippen molar-refractivity contribution >= 4 is 21.4 Å². The number of hydrogen-bond donors (Lipinski definition) is 1. The monoisotopic (exact) mass is 260 g/mol. The molecule has 0 spiro atoms. The molecular weight excluding hydrogens is 240 g/mol. The Morgan fingerprint density at radius 3 is 2.67 bits per heavy atom. The fourth-order valence-electron chi connectivity index (χ4n) is 3.11. The second-order valence-electron chi connectivity index (χ2n) is 5.50. The first kappa shape index (κ1) is 12.0. The molecule has 96 valence electrons. The maximum atomic E-state index is 9.50. The van der Waals surface area contributed by atoms with Crippen LogP contribution < -0.4 is 0 Å². The van der Waals surface area contributed by atoms with E-state index in [1.165, 1.54) is 60.6 Å². The van der Waals surface area contributed by atoms with Gasteiger partial charge in [0.1, 0.15) is 5.75 Å². The second kappa shape index (κ2) is 5.31. The highest BCUT2D eigenvalue weighted by atomic mass is 32.1. The molecule has 1 aromatic carbocycles. The minimum absolute atomic E-state index is 0.380. The Balaban J connectivity index is 1.81. The summed E-state index contributed by atoms with van der Waals surface area (Å²) in [4.78, 5) is 0. The van der Waals surface area contributed by atoms with Crippen molar-refractivity contribution in [3.05, 3.63) is 29.1 Å². The number of thiophene rings is 1. The largest absolute Gasteiger partial charge is 0.508 e. The summed E-state index contributed by atoms with van der Waals surface area (Å²) < 4.78 is 1.22. The highest BCUT2D eigenvalue weighted by Gasteiger charge is 2.15. The molecule has 2 aromatic rings. The SMILES string of the molecule is Oc1ccc2c(CC3CCCCCC3)csc2c1. The van der Waals surface area contributed by atoms with Crippen molar-refractivity contribution in [1.29, 1.82) is 0 Å². The third-order valence-corrected chi connectivity index (χ3v) is 5.12. The van der Waals surface area contributed by atoms with Crippen LogP contribution in [0.5, 0.6) is 5.75 Å². The Bertz CT molecular complexity index is 521. The van der Waals surface area contributed by atoms with Crippen LogP contribution >= 0.6 is 11.3 Å². The van der Waals surface area contributed by atoms with Crippen molar-refractivity contribution in [3.63, 3.8) is 0 Å². The van der Waals surface area contributed by atoms with Gasteiger partial charge in [-0.2, -0.15) is 0 Å². The summed E-state index contributed by atoms with van der Waals surface area (Å²) in [6.45, 7) is 0. The lowest BCUT2D eigenvalue weighted by Crippen LogP contribution is -2.02.